The minimum atomic E-state index is 0.263. The average molecular weight is 229 g/mol. The highest BCUT2D eigenvalue weighted by Gasteiger charge is 2.42. The standard InChI is InChI=1S/C13H27NO2/c1-5-7-15-13-11(14-6-2)8-12(13)16-9-10(3)4/h10-14H,5-9H2,1-4H3. The van der Waals surface area contributed by atoms with Crippen LogP contribution in [0.25, 0.3) is 0 Å². The summed E-state index contributed by atoms with van der Waals surface area (Å²) >= 11 is 0. The molecule has 0 saturated heterocycles. The molecule has 0 spiro atoms. The van der Waals surface area contributed by atoms with E-state index in [9.17, 15) is 0 Å². The summed E-state index contributed by atoms with van der Waals surface area (Å²) in [4.78, 5) is 0. The van der Waals surface area contributed by atoms with Crippen molar-refractivity contribution in [3.8, 4) is 0 Å². The molecule has 0 amide bonds. The molecule has 16 heavy (non-hydrogen) atoms. The molecule has 3 atom stereocenters. The Morgan fingerprint density at radius 2 is 2.00 bits per heavy atom. The van der Waals surface area contributed by atoms with Gasteiger partial charge in [0.1, 0.15) is 0 Å². The third-order valence-electron chi connectivity index (χ3n) is 2.87. The van der Waals surface area contributed by atoms with Crippen LogP contribution in [0, 0.1) is 5.92 Å². The van der Waals surface area contributed by atoms with Gasteiger partial charge in [0.25, 0.3) is 0 Å². The SMILES string of the molecule is CCCOC1C(NCC)CC1OCC(C)C. The first-order valence-electron chi connectivity index (χ1n) is 6.65. The molecule has 0 radical (unpaired) electrons. The minimum Gasteiger partial charge on any atom is -0.375 e. The lowest BCUT2D eigenvalue weighted by atomic mass is 9.85. The van der Waals surface area contributed by atoms with Gasteiger partial charge in [-0.05, 0) is 25.3 Å². The fourth-order valence-electron chi connectivity index (χ4n) is 2.00. The van der Waals surface area contributed by atoms with Crippen molar-refractivity contribution in [2.45, 2.75) is 58.8 Å². The van der Waals surface area contributed by atoms with Crippen LogP contribution in [0.1, 0.15) is 40.5 Å². The van der Waals surface area contributed by atoms with Crippen LogP contribution in [0.5, 0.6) is 0 Å². The molecular weight excluding hydrogens is 202 g/mol. The van der Waals surface area contributed by atoms with E-state index in [1.165, 1.54) is 0 Å². The molecule has 0 aliphatic heterocycles. The van der Waals surface area contributed by atoms with Crippen molar-refractivity contribution in [1.29, 1.82) is 0 Å². The van der Waals surface area contributed by atoms with Crippen molar-refractivity contribution >= 4 is 0 Å². The van der Waals surface area contributed by atoms with E-state index >= 15 is 0 Å². The molecule has 0 aromatic carbocycles. The average Bonchev–Trinajstić information content (AvgIpc) is 2.22. The molecule has 3 heteroatoms. The normalized spacial score (nSPS) is 29.4. The summed E-state index contributed by atoms with van der Waals surface area (Å²) in [5, 5.41) is 3.45. The van der Waals surface area contributed by atoms with Crippen LogP contribution in [-0.2, 0) is 9.47 Å². The summed E-state index contributed by atoms with van der Waals surface area (Å²) in [6.07, 6.45) is 2.73. The first-order valence-corrected chi connectivity index (χ1v) is 6.65. The highest BCUT2D eigenvalue weighted by Crippen LogP contribution is 2.28. The number of hydrogen-bond acceptors (Lipinski definition) is 3. The maximum absolute atomic E-state index is 5.86. The van der Waals surface area contributed by atoms with E-state index in [0.717, 1.165) is 32.6 Å². The van der Waals surface area contributed by atoms with Crippen molar-refractivity contribution < 1.29 is 9.47 Å². The van der Waals surface area contributed by atoms with E-state index in [4.69, 9.17) is 9.47 Å². The quantitative estimate of drug-likeness (QED) is 0.692. The van der Waals surface area contributed by atoms with Crippen LogP contribution in [0.15, 0.2) is 0 Å². The van der Waals surface area contributed by atoms with Gasteiger partial charge in [-0.2, -0.15) is 0 Å². The van der Waals surface area contributed by atoms with Gasteiger partial charge in [-0.3, -0.25) is 0 Å². The van der Waals surface area contributed by atoms with Gasteiger partial charge in [0, 0.05) is 19.3 Å². The van der Waals surface area contributed by atoms with E-state index in [1.54, 1.807) is 0 Å². The van der Waals surface area contributed by atoms with Crippen LogP contribution >= 0.6 is 0 Å². The summed E-state index contributed by atoms with van der Waals surface area (Å²) in [7, 11) is 0. The van der Waals surface area contributed by atoms with Gasteiger partial charge in [-0.25, -0.2) is 0 Å². The second-order valence-electron chi connectivity index (χ2n) is 5.00. The Hall–Kier alpha value is -0.120. The third kappa shape index (κ3) is 4.04. The van der Waals surface area contributed by atoms with Crippen molar-refractivity contribution in [2.24, 2.45) is 5.92 Å². The van der Waals surface area contributed by atoms with Crippen molar-refractivity contribution in [2.75, 3.05) is 19.8 Å². The Labute approximate surface area is 99.9 Å². The Morgan fingerprint density at radius 1 is 1.25 bits per heavy atom. The van der Waals surface area contributed by atoms with Crippen LogP contribution in [0.3, 0.4) is 0 Å². The Kier molecular flexibility index (Phi) is 6.32. The molecule has 1 aliphatic carbocycles. The summed E-state index contributed by atoms with van der Waals surface area (Å²) in [6, 6.07) is 0.494. The molecular formula is C13H27NO2. The highest BCUT2D eigenvalue weighted by molar-refractivity contribution is 4.97. The molecule has 0 aromatic heterocycles. The van der Waals surface area contributed by atoms with Gasteiger partial charge in [0.15, 0.2) is 0 Å². The summed E-state index contributed by atoms with van der Waals surface area (Å²) < 4.78 is 11.7. The first-order chi connectivity index (χ1) is 7.69. The van der Waals surface area contributed by atoms with Crippen LogP contribution in [0.4, 0.5) is 0 Å². The lowest BCUT2D eigenvalue weighted by Crippen LogP contribution is -2.60. The van der Waals surface area contributed by atoms with Crippen molar-refractivity contribution in [1.82, 2.24) is 5.32 Å². The molecule has 0 heterocycles. The molecule has 0 bridgehead atoms. The molecule has 1 rings (SSSR count). The van der Waals surface area contributed by atoms with E-state index < -0.39 is 0 Å². The summed E-state index contributed by atoms with van der Waals surface area (Å²) in [5.41, 5.74) is 0. The van der Waals surface area contributed by atoms with Crippen LogP contribution in [0.2, 0.25) is 0 Å². The molecule has 1 fully saturated rings. The summed E-state index contributed by atoms with van der Waals surface area (Å²) in [6.45, 7) is 11.3. The number of ether oxygens (including phenoxy) is 2. The van der Waals surface area contributed by atoms with Crippen molar-refractivity contribution in [3.05, 3.63) is 0 Å². The predicted molar refractivity (Wildman–Crippen MR) is 66.7 cm³/mol. The number of rotatable bonds is 8. The second kappa shape index (κ2) is 7.25. The molecule has 96 valence electrons. The zero-order chi connectivity index (χ0) is 12.0. The van der Waals surface area contributed by atoms with Gasteiger partial charge in [-0.15, -0.1) is 0 Å². The van der Waals surface area contributed by atoms with Gasteiger partial charge in [-0.1, -0.05) is 27.7 Å². The van der Waals surface area contributed by atoms with Gasteiger partial charge >= 0.3 is 0 Å². The fourth-order valence-corrected chi connectivity index (χ4v) is 2.00. The molecule has 3 unspecified atom stereocenters. The molecule has 0 aromatic rings. The lowest BCUT2D eigenvalue weighted by Gasteiger charge is -2.44. The summed E-state index contributed by atoms with van der Waals surface area (Å²) in [5.74, 6) is 0.602. The van der Waals surface area contributed by atoms with Crippen LogP contribution < -0.4 is 5.32 Å². The molecule has 1 N–H and O–H groups in total. The van der Waals surface area contributed by atoms with E-state index in [0.29, 0.717) is 18.1 Å². The number of likely N-dealkylation sites (N-methyl/N-ethyl adjacent to an activating group) is 1. The lowest BCUT2D eigenvalue weighted by molar-refractivity contribution is -0.150. The largest absolute Gasteiger partial charge is 0.375 e. The van der Waals surface area contributed by atoms with Crippen LogP contribution in [-0.4, -0.2) is 38.0 Å². The van der Waals surface area contributed by atoms with Gasteiger partial charge in [0.2, 0.25) is 0 Å². The minimum absolute atomic E-state index is 0.263. The van der Waals surface area contributed by atoms with Crippen molar-refractivity contribution in [3.63, 3.8) is 0 Å². The fraction of sp³-hybridized carbons (Fsp3) is 1.00. The zero-order valence-corrected chi connectivity index (χ0v) is 11.2. The maximum Gasteiger partial charge on any atom is 0.0990 e. The zero-order valence-electron chi connectivity index (χ0n) is 11.2. The first kappa shape index (κ1) is 13.9. The third-order valence-corrected chi connectivity index (χ3v) is 2.87. The smallest absolute Gasteiger partial charge is 0.0990 e. The Bertz CT molecular complexity index is 185. The predicted octanol–water partition coefficient (Wildman–Crippen LogP) is 2.20. The Balaban J connectivity index is 2.28. The van der Waals surface area contributed by atoms with E-state index in [1.807, 2.05) is 0 Å². The Morgan fingerprint density at radius 3 is 2.56 bits per heavy atom. The highest BCUT2D eigenvalue weighted by atomic mass is 16.5. The molecule has 1 aliphatic rings. The van der Waals surface area contributed by atoms with E-state index in [-0.39, 0.29) is 6.10 Å². The second-order valence-corrected chi connectivity index (χ2v) is 5.00. The van der Waals surface area contributed by atoms with Gasteiger partial charge < -0.3 is 14.8 Å². The maximum atomic E-state index is 5.86. The molecule has 1 saturated carbocycles. The van der Waals surface area contributed by atoms with Gasteiger partial charge in [0.05, 0.1) is 12.2 Å². The monoisotopic (exact) mass is 229 g/mol. The molecule has 3 nitrogen and oxygen atoms in total. The van der Waals surface area contributed by atoms with E-state index in [2.05, 4.69) is 33.0 Å². The topological polar surface area (TPSA) is 30.5 Å². The number of hydrogen-bond donors (Lipinski definition) is 1. The number of nitrogens with one attached hydrogen (secondary N) is 1.